The lowest BCUT2D eigenvalue weighted by Gasteiger charge is -2.18. The van der Waals surface area contributed by atoms with Crippen LogP contribution < -0.4 is 5.32 Å². The molecule has 0 bridgehead atoms. The fraction of sp³-hybridized carbons (Fsp3) is 0.435. The molecule has 3 rings (SSSR count). The normalized spacial score (nSPS) is 17.4. The summed E-state index contributed by atoms with van der Waals surface area (Å²) >= 11 is 0. The van der Waals surface area contributed by atoms with Crippen LogP contribution in [0.25, 0.3) is 0 Å². The van der Waals surface area contributed by atoms with Crippen molar-refractivity contribution in [3.05, 3.63) is 71.3 Å². The van der Waals surface area contributed by atoms with Crippen molar-refractivity contribution < 1.29 is 4.79 Å². The average Bonchev–Trinajstić information content (AvgIpc) is 3.14. The van der Waals surface area contributed by atoms with Crippen molar-refractivity contribution in [3.8, 4) is 0 Å². The summed E-state index contributed by atoms with van der Waals surface area (Å²) in [5, 5.41) is 3.20. The summed E-state index contributed by atoms with van der Waals surface area (Å²) in [6.45, 7) is 10.3. The number of nitrogens with zero attached hydrogens (tertiary/aromatic N) is 2. The molecule has 2 aromatic rings. The first-order chi connectivity index (χ1) is 13.2. The van der Waals surface area contributed by atoms with Crippen LogP contribution in [0.5, 0.6) is 0 Å². The number of benzene rings is 2. The number of carbonyl (C=O) groups excluding carboxylic acids is 1. The Morgan fingerprint density at radius 2 is 1.74 bits per heavy atom. The molecule has 0 spiro atoms. The first-order valence-electron chi connectivity index (χ1n) is 10.1. The minimum absolute atomic E-state index is 0.0379. The molecule has 1 amide bonds. The molecule has 1 unspecified atom stereocenters. The van der Waals surface area contributed by atoms with Crippen LogP contribution in [0.1, 0.15) is 41.8 Å². The van der Waals surface area contributed by atoms with E-state index >= 15 is 0 Å². The van der Waals surface area contributed by atoms with Crippen LogP contribution in [-0.4, -0.2) is 47.9 Å². The zero-order chi connectivity index (χ0) is 19.1. The molecule has 2 aromatic carbocycles. The van der Waals surface area contributed by atoms with Crippen LogP contribution in [0.15, 0.2) is 54.6 Å². The van der Waals surface area contributed by atoms with Crippen molar-refractivity contribution in [2.45, 2.75) is 39.4 Å². The lowest BCUT2D eigenvalue weighted by molar-refractivity contribution is 0.0937. The van der Waals surface area contributed by atoms with Crippen LogP contribution in [0, 0.1) is 0 Å². The van der Waals surface area contributed by atoms with Gasteiger partial charge in [-0.2, -0.15) is 0 Å². The largest absolute Gasteiger partial charge is 0.348 e. The summed E-state index contributed by atoms with van der Waals surface area (Å²) in [5.41, 5.74) is 3.33. The highest BCUT2D eigenvalue weighted by Gasteiger charge is 2.24. The smallest absolute Gasteiger partial charge is 0.251 e. The van der Waals surface area contributed by atoms with Crippen molar-refractivity contribution in [1.82, 2.24) is 15.1 Å². The van der Waals surface area contributed by atoms with Crippen molar-refractivity contribution in [1.29, 1.82) is 0 Å². The lowest BCUT2D eigenvalue weighted by Crippen LogP contribution is -2.37. The van der Waals surface area contributed by atoms with E-state index in [9.17, 15) is 4.79 Å². The maximum absolute atomic E-state index is 12.6. The second-order valence-electron chi connectivity index (χ2n) is 7.34. The van der Waals surface area contributed by atoms with Gasteiger partial charge in [-0.05, 0) is 42.8 Å². The fourth-order valence-electron chi connectivity index (χ4n) is 3.67. The number of hydrogen-bond acceptors (Lipinski definition) is 3. The number of hydrogen-bond donors (Lipinski definition) is 1. The fourth-order valence-corrected chi connectivity index (χ4v) is 3.67. The van der Waals surface area contributed by atoms with Crippen LogP contribution in [0.3, 0.4) is 0 Å². The number of rotatable bonds is 8. The molecule has 1 heterocycles. The van der Waals surface area contributed by atoms with E-state index in [1.807, 2.05) is 18.2 Å². The van der Waals surface area contributed by atoms with E-state index in [0.29, 0.717) is 0 Å². The third kappa shape index (κ3) is 5.65. The number of amides is 1. The van der Waals surface area contributed by atoms with Crippen molar-refractivity contribution in [2.24, 2.45) is 0 Å². The monoisotopic (exact) mass is 365 g/mol. The maximum Gasteiger partial charge on any atom is 0.251 e. The predicted octanol–water partition coefficient (Wildman–Crippen LogP) is 3.53. The Morgan fingerprint density at radius 1 is 1.04 bits per heavy atom. The minimum atomic E-state index is 0.0379. The molecule has 144 valence electrons. The molecule has 0 saturated carbocycles. The Morgan fingerprint density at radius 3 is 2.41 bits per heavy atom. The predicted molar refractivity (Wildman–Crippen MR) is 111 cm³/mol. The Kier molecular flexibility index (Phi) is 7.02. The summed E-state index contributed by atoms with van der Waals surface area (Å²) in [7, 11) is 0. The van der Waals surface area contributed by atoms with Gasteiger partial charge in [0.25, 0.3) is 5.91 Å². The van der Waals surface area contributed by atoms with Gasteiger partial charge in [0.2, 0.25) is 0 Å². The molecular formula is C23H31N3O. The van der Waals surface area contributed by atoms with Gasteiger partial charge in [0.1, 0.15) is 0 Å². The average molecular weight is 366 g/mol. The lowest BCUT2D eigenvalue weighted by atomic mass is 10.1. The van der Waals surface area contributed by atoms with Crippen LogP contribution in [0.2, 0.25) is 0 Å². The van der Waals surface area contributed by atoms with E-state index in [1.54, 1.807) is 0 Å². The molecule has 1 N–H and O–H groups in total. The quantitative estimate of drug-likeness (QED) is 0.777. The third-order valence-electron chi connectivity index (χ3n) is 5.37. The van der Waals surface area contributed by atoms with Crippen LogP contribution >= 0.6 is 0 Å². The van der Waals surface area contributed by atoms with Crippen LogP contribution in [0.4, 0.5) is 0 Å². The van der Waals surface area contributed by atoms with Gasteiger partial charge < -0.3 is 5.32 Å². The molecule has 0 aromatic heterocycles. The zero-order valence-corrected chi connectivity index (χ0v) is 16.5. The van der Waals surface area contributed by atoms with Gasteiger partial charge >= 0.3 is 0 Å². The van der Waals surface area contributed by atoms with Gasteiger partial charge in [-0.25, -0.2) is 0 Å². The van der Waals surface area contributed by atoms with E-state index in [1.165, 1.54) is 11.1 Å². The Labute approximate surface area is 163 Å². The van der Waals surface area contributed by atoms with E-state index in [-0.39, 0.29) is 11.9 Å². The SMILES string of the molecule is CCN(CC)Cc1ccc(C(=O)NC2CCN(Cc3ccccc3)C2)cc1. The number of likely N-dealkylation sites (tertiary alicyclic amines) is 1. The molecular weight excluding hydrogens is 334 g/mol. The molecule has 0 radical (unpaired) electrons. The number of carbonyl (C=O) groups is 1. The number of nitrogens with one attached hydrogen (secondary N) is 1. The summed E-state index contributed by atoms with van der Waals surface area (Å²) in [6, 6.07) is 18.8. The van der Waals surface area contributed by atoms with Crippen LogP contribution in [-0.2, 0) is 13.1 Å². The first-order valence-corrected chi connectivity index (χ1v) is 10.1. The van der Waals surface area contributed by atoms with E-state index in [4.69, 9.17) is 0 Å². The zero-order valence-electron chi connectivity index (χ0n) is 16.5. The molecule has 1 saturated heterocycles. The highest BCUT2D eigenvalue weighted by molar-refractivity contribution is 5.94. The van der Waals surface area contributed by atoms with Crippen molar-refractivity contribution >= 4 is 5.91 Å². The Balaban J connectivity index is 1.49. The second kappa shape index (κ2) is 9.67. The van der Waals surface area contributed by atoms with E-state index < -0.39 is 0 Å². The van der Waals surface area contributed by atoms with Crippen molar-refractivity contribution in [2.75, 3.05) is 26.2 Å². The third-order valence-corrected chi connectivity index (χ3v) is 5.37. The van der Waals surface area contributed by atoms with E-state index in [2.05, 4.69) is 65.4 Å². The molecule has 1 fully saturated rings. The van der Waals surface area contributed by atoms with Gasteiger partial charge in [0, 0.05) is 37.8 Å². The molecule has 4 heteroatoms. The first kappa shape index (κ1) is 19.6. The molecule has 1 aliphatic rings. The molecule has 27 heavy (non-hydrogen) atoms. The Bertz CT molecular complexity index is 710. The summed E-state index contributed by atoms with van der Waals surface area (Å²) in [4.78, 5) is 17.4. The highest BCUT2D eigenvalue weighted by Crippen LogP contribution is 2.14. The van der Waals surface area contributed by atoms with Gasteiger partial charge in [0.15, 0.2) is 0 Å². The Hall–Kier alpha value is -2.17. The molecule has 1 atom stereocenters. The summed E-state index contributed by atoms with van der Waals surface area (Å²) in [6.07, 6.45) is 1.01. The van der Waals surface area contributed by atoms with Gasteiger partial charge in [0.05, 0.1) is 0 Å². The van der Waals surface area contributed by atoms with Gasteiger partial charge in [-0.1, -0.05) is 56.3 Å². The van der Waals surface area contributed by atoms with Gasteiger partial charge in [-0.15, -0.1) is 0 Å². The second-order valence-corrected chi connectivity index (χ2v) is 7.34. The summed E-state index contributed by atoms with van der Waals surface area (Å²) < 4.78 is 0. The minimum Gasteiger partial charge on any atom is -0.348 e. The molecule has 4 nitrogen and oxygen atoms in total. The van der Waals surface area contributed by atoms with Crippen molar-refractivity contribution in [3.63, 3.8) is 0 Å². The van der Waals surface area contributed by atoms with E-state index in [0.717, 1.165) is 51.3 Å². The standard InChI is InChI=1S/C23H31N3O/c1-3-25(4-2)16-20-10-12-21(13-11-20)23(27)24-22-14-15-26(18-22)17-19-8-6-5-7-9-19/h5-13,22H,3-4,14-18H2,1-2H3,(H,24,27). The maximum atomic E-state index is 12.6. The summed E-state index contributed by atoms with van der Waals surface area (Å²) in [5.74, 6) is 0.0379. The molecule has 1 aliphatic heterocycles. The van der Waals surface area contributed by atoms with Gasteiger partial charge in [-0.3, -0.25) is 14.6 Å². The molecule has 0 aliphatic carbocycles. The highest BCUT2D eigenvalue weighted by atomic mass is 16.1. The topological polar surface area (TPSA) is 35.6 Å².